The highest BCUT2D eigenvalue weighted by atomic mass is 16.2. The predicted molar refractivity (Wildman–Crippen MR) is 82.5 cm³/mol. The summed E-state index contributed by atoms with van der Waals surface area (Å²) in [5.41, 5.74) is 8.01. The minimum atomic E-state index is -0.427. The molecule has 4 N–H and O–H groups in total. The van der Waals surface area contributed by atoms with Crippen LogP contribution in [0.1, 0.15) is 37.7 Å². The van der Waals surface area contributed by atoms with Crippen molar-refractivity contribution in [3.8, 4) is 0 Å². The van der Waals surface area contributed by atoms with Gasteiger partial charge >= 0.3 is 11.7 Å². The number of carbonyl (C=O) groups is 1. The van der Waals surface area contributed by atoms with Crippen LogP contribution in [0.15, 0.2) is 16.9 Å². The minimum absolute atomic E-state index is 0.165. The quantitative estimate of drug-likeness (QED) is 0.702. The number of anilines is 1. The second-order valence-electron chi connectivity index (χ2n) is 5.78. The Morgan fingerprint density at radius 1 is 1.33 bits per heavy atom. The molecule has 6 nitrogen and oxygen atoms in total. The second-order valence-corrected chi connectivity index (χ2v) is 5.78. The Morgan fingerprint density at radius 3 is 2.76 bits per heavy atom. The topological polar surface area (TPSA) is 92.9 Å². The molecule has 0 atom stereocenters. The number of nitrogens with two attached hydrogens (primary N) is 1. The SMILES string of the molecule is Cc1cc2c(cc1N)[nH]c(=O)n2C(=O)NC1CCCCC1. The van der Waals surface area contributed by atoms with Gasteiger partial charge in [-0.1, -0.05) is 19.3 Å². The molecule has 0 spiro atoms. The van der Waals surface area contributed by atoms with E-state index >= 15 is 0 Å². The number of carbonyl (C=O) groups excluding carboxylic acids is 1. The summed E-state index contributed by atoms with van der Waals surface area (Å²) in [5.74, 6) is 0. The number of hydrogen-bond donors (Lipinski definition) is 3. The van der Waals surface area contributed by atoms with Crippen LogP contribution < -0.4 is 16.7 Å². The van der Waals surface area contributed by atoms with Crippen LogP contribution >= 0.6 is 0 Å². The van der Waals surface area contributed by atoms with Gasteiger partial charge in [-0.25, -0.2) is 14.2 Å². The number of aromatic nitrogens is 2. The van der Waals surface area contributed by atoms with Crippen molar-refractivity contribution < 1.29 is 4.79 Å². The summed E-state index contributed by atoms with van der Waals surface area (Å²) in [6.07, 6.45) is 5.44. The van der Waals surface area contributed by atoms with Crippen molar-refractivity contribution in [1.82, 2.24) is 14.9 Å². The molecule has 112 valence electrons. The molecule has 1 aromatic carbocycles. The first-order valence-corrected chi connectivity index (χ1v) is 7.38. The Morgan fingerprint density at radius 2 is 2.05 bits per heavy atom. The van der Waals surface area contributed by atoms with Gasteiger partial charge in [0.2, 0.25) is 0 Å². The van der Waals surface area contributed by atoms with Crippen LogP contribution in [-0.2, 0) is 0 Å². The molecule has 3 rings (SSSR count). The van der Waals surface area contributed by atoms with Crippen molar-refractivity contribution in [2.75, 3.05) is 5.73 Å². The molecule has 1 heterocycles. The van der Waals surface area contributed by atoms with Gasteiger partial charge in [0.15, 0.2) is 0 Å². The molecule has 0 unspecified atom stereocenters. The summed E-state index contributed by atoms with van der Waals surface area (Å²) in [6.45, 7) is 1.86. The molecule has 1 aliphatic rings. The summed E-state index contributed by atoms with van der Waals surface area (Å²) >= 11 is 0. The molecule has 6 heteroatoms. The number of nitrogens with one attached hydrogen (secondary N) is 2. The molecule has 1 amide bonds. The highest BCUT2D eigenvalue weighted by Crippen LogP contribution is 2.20. The molecule has 0 aliphatic heterocycles. The number of amides is 1. The Labute approximate surface area is 122 Å². The van der Waals surface area contributed by atoms with Crippen molar-refractivity contribution in [3.05, 3.63) is 28.2 Å². The first-order valence-electron chi connectivity index (χ1n) is 7.38. The van der Waals surface area contributed by atoms with E-state index in [4.69, 9.17) is 5.73 Å². The van der Waals surface area contributed by atoms with E-state index in [1.165, 1.54) is 6.42 Å². The Hall–Kier alpha value is -2.24. The van der Waals surface area contributed by atoms with Crippen molar-refractivity contribution in [2.45, 2.75) is 45.1 Å². The van der Waals surface area contributed by atoms with Gasteiger partial charge < -0.3 is 16.0 Å². The minimum Gasteiger partial charge on any atom is -0.398 e. The lowest BCUT2D eigenvalue weighted by Gasteiger charge is -2.22. The fourth-order valence-corrected chi connectivity index (χ4v) is 2.96. The van der Waals surface area contributed by atoms with Crippen molar-refractivity contribution in [1.29, 1.82) is 0 Å². The fraction of sp³-hybridized carbons (Fsp3) is 0.467. The molecule has 0 saturated heterocycles. The molecular weight excluding hydrogens is 268 g/mol. The van der Waals surface area contributed by atoms with Crippen LogP contribution in [0, 0.1) is 6.92 Å². The average molecular weight is 288 g/mol. The van der Waals surface area contributed by atoms with Crippen LogP contribution in [0.5, 0.6) is 0 Å². The molecular formula is C15H20N4O2. The zero-order valence-corrected chi connectivity index (χ0v) is 12.1. The lowest BCUT2D eigenvalue weighted by molar-refractivity contribution is 0.234. The maximum Gasteiger partial charge on any atom is 0.334 e. The largest absolute Gasteiger partial charge is 0.398 e. The van der Waals surface area contributed by atoms with Gasteiger partial charge in [-0.3, -0.25) is 0 Å². The first-order chi connectivity index (χ1) is 10.1. The number of benzene rings is 1. The summed E-state index contributed by atoms with van der Waals surface area (Å²) in [5, 5.41) is 2.96. The van der Waals surface area contributed by atoms with E-state index in [0.29, 0.717) is 16.7 Å². The van der Waals surface area contributed by atoms with Crippen LogP contribution in [0.25, 0.3) is 11.0 Å². The predicted octanol–water partition coefficient (Wildman–Crippen LogP) is 2.11. The maximum atomic E-state index is 12.4. The van der Waals surface area contributed by atoms with Crippen LogP contribution in [0.3, 0.4) is 0 Å². The molecule has 2 aromatic rings. The van der Waals surface area contributed by atoms with E-state index in [9.17, 15) is 9.59 Å². The lowest BCUT2D eigenvalue weighted by atomic mass is 9.96. The number of rotatable bonds is 1. The van der Waals surface area contributed by atoms with Gasteiger partial charge in [-0.2, -0.15) is 0 Å². The van der Waals surface area contributed by atoms with E-state index in [1.807, 2.05) is 6.92 Å². The molecule has 1 fully saturated rings. The van der Waals surface area contributed by atoms with Gasteiger partial charge in [0.1, 0.15) is 0 Å². The zero-order valence-electron chi connectivity index (χ0n) is 12.1. The summed E-state index contributed by atoms with van der Waals surface area (Å²) in [6, 6.07) is 3.26. The number of fused-ring (bicyclic) bond motifs is 1. The number of aryl methyl sites for hydroxylation is 1. The summed E-state index contributed by atoms with van der Waals surface area (Å²) in [4.78, 5) is 27.1. The number of imidazole rings is 1. The van der Waals surface area contributed by atoms with Crippen molar-refractivity contribution >= 4 is 22.8 Å². The van der Waals surface area contributed by atoms with Crippen molar-refractivity contribution in [3.63, 3.8) is 0 Å². The van der Waals surface area contributed by atoms with E-state index < -0.39 is 5.69 Å². The number of nitrogen functional groups attached to an aromatic ring is 1. The van der Waals surface area contributed by atoms with E-state index in [1.54, 1.807) is 12.1 Å². The van der Waals surface area contributed by atoms with Gasteiger partial charge in [-0.15, -0.1) is 0 Å². The fourth-order valence-electron chi connectivity index (χ4n) is 2.96. The molecule has 21 heavy (non-hydrogen) atoms. The zero-order chi connectivity index (χ0) is 15.0. The normalized spacial score (nSPS) is 16.2. The van der Waals surface area contributed by atoms with Gasteiger partial charge in [0.25, 0.3) is 0 Å². The van der Waals surface area contributed by atoms with E-state index in [-0.39, 0.29) is 12.1 Å². The number of aromatic amines is 1. The lowest BCUT2D eigenvalue weighted by Crippen LogP contribution is -2.42. The van der Waals surface area contributed by atoms with Gasteiger partial charge in [0, 0.05) is 11.7 Å². The van der Waals surface area contributed by atoms with Gasteiger partial charge in [-0.05, 0) is 37.5 Å². The highest BCUT2D eigenvalue weighted by molar-refractivity contribution is 5.91. The van der Waals surface area contributed by atoms with Crippen molar-refractivity contribution in [2.24, 2.45) is 0 Å². The third-order valence-electron chi connectivity index (χ3n) is 4.21. The maximum absolute atomic E-state index is 12.4. The number of H-pyrrole nitrogens is 1. The Bertz CT molecular complexity index is 738. The second kappa shape index (κ2) is 5.27. The standard InChI is InChI=1S/C15H20N4O2/c1-9-7-13-12(8-11(9)16)18-15(21)19(13)14(20)17-10-5-3-2-4-6-10/h7-8,10H,2-6,16H2,1H3,(H,17,20)(H,18,21). The third kappa shape index (κ3) is 2.53. The number of nitrogens with zero attached hydrogens (tertiary/aromatic N) is 1. The number of hydrogen-bond acceptors (Lipinski definition) is 3. The monoisotopic (exact) mass is 288 g/mol. The summed E-state index contributed by atoms with van der Waals surface area (Å²) in [7, 11) is 0. The van der Waals surface area contributed by atoms with E-state index in [2.05, 4.69) is 10.3 Å². The van der Waals surface area contributed by atoms with Crippen LogP contribution in [0.4, 0.5) is 10.5 Å². The Balaban J connectivity index is 1.95. The van der Waals surface area contributed by atoms with E-state index in [0.717, 1.165) is 35.8 Å². The molecule has 0 bridgehead atoms. The first kappa shape index (κ1) is 13.7. The third-order valence-corrected chi connectivity index (χ3v) is 4.21. The molecule has 1 saturated carbocycles. The molecule has 0 radical (unpaired) electrons. The van der Waals surface area contributed by atoms with Crippen LogP contribution in [-0.4, -0.2) is 21.6 Å². The Kier molecular flexibility index (Phi) is 3.45. The highest BCUT2D eigenvalue weighted by Gasteiger charge is 2.20. The van der Waals surface area contributed by atoms with Crippen LogP contribution in [0.2, 0.25) is 0 Å². The summed E-state index contributed by atoms with van der Waals surface area (Å²) < 4.78 is 1.16. The smallest absolute Gasteiger partial charge is 0.334 e. The van der Waals surface area contributed by atoms with Gasteiger partial charge in [0.05, 0.1) is 11.0 Å². The molecule has 1 aliphatic carbocycles. The molecule has 1 aromatic heterocycles. The average Bonchev–Trinajstić information content (AvgIpc) is 2.75.